The molecule has 6 heteroatoms. The van der Waals surface area contributed by atoms with Gasteiger partial charge in [0.1, 0.15) is 5.82 Å². The average molecular weight is 447 g/mol. The lowest BCUT2D eigenvalue weighted by atomic mass is 10.1. The summed E-state index contributed by atoms with van der Waals surface area (Å²) in [5, 5.41) is 0.649. The number of piperazine rings is 1. The molecule has 1 aliphatic rings. The number of hydrogen-bond donors (Lipinski definition) is 0. The first-order valence-corrected chi connectivity index (χ1v) is 12.1. The van der Waals surface area contributed by atoms with Crippen LogP contribution < -0.4 is 5.56 Å². The smallest absolute Gasteiger partial charge is 0.261 e. The third-order valence-electron chi connectivity index (χ3n) is 6.64. The zero-order chi connectivity index (χ0) is 23.4. The van der Waals surface area contributed by atoms with E-state index in [-0.39, 0.29) is 23.6 Å². The molecule has 1 fully saturated rings. The van der Waals surface area contributed by atoms with Crippen molar-refractivity contribution < 1.29 is 4.79 Å². The van der Waals surface area contributed by atoms with E-state index >= 15 is 0 Å². The highest BCUT2D eigenvalue weighted by atomic mass is 16.2. The van der Waals surface area contributed by atoms with Gasteiger partial charge in [-0.15, -0.1) is 0 Å². The maximum Gasteiger partial charge on any atom is 0.261 e. The topological polar surface area (TPSA) is 58.4 Å². The second-order valence-electron chi connectivity index (χ2n) is 8.97. The second kappa shape index (κ2) is 10.3. The largest absolute Gasteiger partial charge is 0.337 e. The number of amides is 1. The Morgan fingerprint density at radius 1 is 1.06 bits per heavy atom. The maximum atomic E-state index is 13.6. The van der Waals surface area contributed by atoms with Crippen molar-refractivity contribution in [2.24, 2.45) is 0 Å². The van der Waals surface area contributed by atoms with Crippen LogP contribution in [-0.4, -0.2) is 50.9 Å². The van der Waals surface area contributed by atoms with Crippen molar-refractivity contribution in [1.82, 2.24) is 19.4 Å². The Morgan fingerprint density at radius 2 is 1.79 bits per heavy atom. The number of benzene rings is 2. The summed E-state index contributed by atoms with van der Waals surface area (Å²) in [7, 11) is 0. The van der Waals surface area contributed by atoms with Crippen molar-refractivity contribution in [3.05, 3.63) is 76.3 Å². The van der Waals surface area contributed by atoms with Gasteiger partial charge in [0, 0.05) is 32.1 Å². The van der Waals surface area contributed by atoms with E-state index < -0.39 is 0 Å². The number of nitrogens with zero attached hydrogens (tertiary/aromatic N) is 4. The molecule has 0 radical (unpaired) electrons. The van der Waals surface area contributed by atoms with Crippen LogP contribution in [0.15, 0.2) is 59.4 Å². The number of carbonyl (C=O) groups is 1. The number of para-hydroxylation sites is 1. The third-order valence-corrected chi connectivity index (χ3v) is 6.64. The molecule has 3 aromatic rings. The van der Waals surface area contributed by atoms with Crippen molar-refractivity contribution >= 4 is 16.8 Å². The first-order chi connectivity index (χ1) is 16.0. The molecule has 4 rings (SSSR count). The van der Waals surface area contributed by atoms with Gasteiger partial charge in [0.2, 0.25) is 5.91 Å². The van der Waals surface area contributed by atoms with Gasteiger partial charge in [-0.25, -0.2) is 4.98 Å². The van der Waals surface area contributed by atoms with Gasteiger partial charge in [0.25, 0.3) is 5.56 Å². The Morgan fingerprint density at radius 3 is 2.48 bits per heavy atom. The van der Waals surface area contributed by atoms with Crippen LogP contribution >= 0.6 is 0 Å². The quantitative estimate of drug-likeness (QED) is 0.545. The summed E-state index contributed by atoms with van der Waals surface area (Å²) in [6.07, 6.45) is 2.32. The fourth-order valence-corrected chi connectivity index (χ4v) is 4.96. The van der Waals surface area contributed by atoms with Gasteiger partial charge in [0.15, 0.2) is 0 Å². The van der Waals surface area contributed by atoms with Crippen molar-refractivity contribution in [3.63, 3.8) is 0 Å². The minimum absolute atomic E-state index is 0.00251. The van der Waals surface area contributed by atoms with E-state index in [1.807, 2.05) is 71.0 Å². The molecule has 1 saturated heterocycles. The highest BCUT2D eigenvalue weighted by molar-refractivity contribution is 5.77. The van der Waals surface area contributed by atoms with Gasteiger partial charge in [0.05, 0.1) is 23.5 Å². The molecule has 0 spiro atoms. The Balaban J connectivity index is 1.71. The number of aromatic nitrogens is 2. The number of fused-ring (bicyclic) bond motifs is 1. The summed E-state index contributed by atoms with van der Waals surface area (Å²) in [6, 6.07) is 17.8. The van der Waals surface area contributed by atoms with E-state index in [9.17, 15) is 9.59 Å². The molecule has 1 aromatic heterocycles. The zero-order valence-electron chi connectivity index (χ0n) is 19.9. The minimum atomic E-state index is 0.00251. The second-order valence-corrected chi connectivity index (χ2v) is 8.97. The molecule has 1 aliphatic heterocycles. The molecule has 0 aliphatic carbocycles. The monoisotopic (exact) mass is 446 g/mol. The molecule has 2 atom stereocenters. The average Bonchev–Trinajstić information content (AvgIpc) is 2.83. The van der Waals surface area contributed by atoms with Crippen LogP contribution in [0.5, 0.6) is 0 Å². The molecular weight excluding hydrogens is 412 g/mol. The van der Waals surface area contributed by atoms with Gasteiger partial charge in [-0.3, -0.25) is 19.1 Å². The molecule has 33 heavy (non-hydrogen) atoms. The third kappa shape index (κ3) is 4.86. The Labute approximate surface area is 195 Å². The van der Waals surface area contributed by atoms with Crippen LogP contribution in [0.2, 0.25) is 0 Å². The first kappa shape index (κ1) is 23.2. The standard InChI is InChI=1S/C27H34N4O2/c1-4-11-25(32)30-17-16-29(18-20(30)3)24(5-2)26-28-23-15-10-9-14-22(23)27(33)31(26)19-21-12-7-6-8-13-21/h6-10,12-15,20,24H,4-5,11,16-19H2,1-3H3. The van der Waals surface area contributed by atoms with Crippen LogP contribution in [0, 0.1) is 0 Å². The Hall–Kier alpha value is -2.99. The summed E-state index contributed by atoms with van der Waals surface area (Å²) in [5.74, 6) is 1.05. The van der Waals surface area contributed by atoms with Crippen LogP contribution in [0.1, 0.15) is 57.5 Å². The van der Waals surface area contributed by atoms with Gasteiger partial charge < -0.3 is 4.90 Å². The lowest BCUT2D eigenvalue weighted by Gasteiger charge is -2.43. The molecule has 0 saturated carbocycles. The number of carbonyl (C=O) groups excluding carboxylic acids is 1. The SMILES string of the molecule is CCCC(=O)N1CCN(C(CC)c2nc3ccccc3c(=O)n2Cc2ccccc2)CC1C. The highest BCUT2D eigenvalue weighted by Gasteiger charge is 2.32. The molecule has 2 heterocycles. The fourth-order valence-electron chi connectivity index (χ4n) is 4.96. The number of rotatable bonds is 7. The normalized spacial score (nSPS) is 17.9. The van der Waals surface area contributed by atoms with Crippen molar-refractivity contribution in [2.75, 3.05) is 19.6 Å². The summed E-state index contributed by atoms with van der Waals surface area (Å²) >= 11 is 0. The van der Waals surface area contributed by atoms with Crippen LogP contribution in [0.25, 0.3) is 10.9 Å². The molecule has 2 aromatic carbocycles. The van der Waals surface area contributed by atoms with Gasteiger partial charge in [-0.1, -0.05) is 56.3 Å². The summed E-state index contributed by atoms with van der Waals surface area (Å²) in [6.45, 7) is 9.09. The van der Waals surface area contributed by atoms with E-state index in [1.165, 1.54) is 0 Å². The zero-order valence-corrected chi connectivity index (χ0v) is 19.9. The van der Waals surface area contributed by atoms with Crippen molar-refractivity contribution in [2.45, 2.75) is 58.7 Å². The lowest BCUT2D eigenvalue weighted by molar-refractivity contribution is -0.136. The van der Waals surface area contributed by atoms with E-state index in [0.717, 1.165) is 42.8 Å². The van der Waals surface area contributed by atoms with Crippen LogP contribution in [-0.2, 0) is 11.3 Å². The van der Waals surface area contributed by atoms with Crippen molar-refractivity contribution in [1.29, 1.82) is 0 Å². The molecule has 1 amide bonds. The first-order valence-electron chi connectivity index (χ1n) is 12.1. The molecule has 174 valence electrons. The van der Waals surface area contributed by atoms with E-state index in [0.29, 0.717) is 24.9 Å². The molecule has 0 N–H and O–H groups in total. The summed E-state index contributed by atoms with van der Waals surface area (Å²) in [4.78, 5) is 35.5. The van der Waals surface area contributed by atoms with Crippen LogP contribution in [0.3, 0.4) is 0 Å². The predicted octanol–water partition coefficient (Wildman–Crippen LogP) is 4.23. The minimum Gasteiger partial charge on any atom is -0.337 e. The molecule has 0 bridgehead atoms. The number of hydrogen-bond acceptors (Lipinski definition) is 4. The van der Waals surface area contributed by atoms with E-state index in [2.05, 4.69) is 18.7 Å². The predicted molar refractivity (Wildman–Crippen MR) is 132 cm³/mol. The summed E-state index contributed by atoms with van der Waals surface area (Å²) < 4.78 is 1.85. The molecular formula is C27H34N4O2. The van der Waals surface area contributed by atoms with Crippen LogP contribution in [0.4, 0.5) is 0 Å². The van der Waals surface area contributed by atoms with Crippen molar-refractivity contribution in [3.8, 4) is 0 Å². The van der Waals surface area contributed by atoms with Gasteiger partial charge >= 0.3 is 0 Å². The van der Waals surface area contributed by atoms with Gasteiger partial charge in [-0.05, 0) is 37.5 Å². The molecule has 6 nitrogen and oxygen atoms in total. The summed E-state index contributed by atoms with van der Waals surface area (Å²) in [5.41, 5.74) is 1.82. The highest BCUT2D eigenvalue weighted by Crippen LogP contribution is 2.27. The molecule has 2 unspecified atom stereocenters. The Kier molecular flexibility index (Phi) is 7.23. The van der Waals surface area contributed by atoms with E-state index in [1.54, 1.807) is 0 Å². The lowest BCUT2D eigenvalue weighted by Crippen LogP contribution is -2.55. The Bertz CT molecular complexity index is 1160. The fraction of sp³-hybridized carbons (Fsp3) is 0.444. The van der Waals surface area contributed by atoms with E-state index in [4.69, 9.17) is 4.98 Å². The van der Waals surface area contributed by atoms with Gasteiger partial charge in [-0.2, -0.15) is 0 Å². The maximum absolute atomic E-state index is 13.6.